The molecule has 0 spiro atoms. The molecule has 3 amide bonds. The number of carbonyl (C=O) groups is 5. The number of hydrogen-bond acceptors (Lipinski definition) is 7. The van der Waals surface area contributed by atoms with Crippen molar-refractivity contribution >= 4 is 29.7 Å². The minimum atomic E-state index is -1.55. The van der Waals surface area contributed by atoms with E-state index in [0.717, 1.165) is 0 Å². The second-order valence-electron chi connectivity index (χ2n) is 7.85. The van der Waals surface area contributed by atoms with E-state index in [1.54, 1.807) is 27.7 Å². The lowest BCUT2D eigenvalue weighted by Crippen LogP contribution is -2.58. The van der Waals surface area contributed by atoms with Gasteiger partial charge in [-0.15, -0.1) is 0 Å². The molecule has 0 aromatic carbocycles. The largest absolute Gasteiger partial charge is 0.481 e. The van der Waals surface area contributed by atoms with Crippen LogP contribution in [0.3, 0.4) is 0 Å². The van der Waals surface area contributed by atoms with Gasteiger partial charge in [0.1, 0.15) is 24.2 Å². The van der Waals surface area contributed by atoms with Crippen LogP contribution in [0.15, 0.2) is 0 Å². The highest BCUT2D eigenvalue weighted by molar-refractivity contribution is 5.95. The number of nitrogens with one attached hydrogen (secondary N) is 3. The minimum absolute atomic E-state index is 0.0711. The predicted octanol–water partition coefficient (Wildman–Crippen LogP) is -1.59. The van der Waals surface area contributed by atoms with Crippen LogP contribution in [-0.2, 0) is 24.0 Å². The summed E-state index contributed by atoms with van der Waals surface area (Å²) in [4.78, 5) is 59.9. The summed E-state index contributed by atoms with van der Waals surface area (Å²) in [6, 6.07) is -5.22. The third kappa shape index (κ3) is 10.2. The van der Waals surface area contributed by atoms with Crippen molar-refractivity contribution in [1.29, 1.82) is 0 Å². The molecule has 0 aliphatic rings. The summed E-state index contributed by atoms with van der Waals surface area (Å²) in [5.74, 6) is -5.65. The average Bonchev–Trinajstić information content (AvgIpc) is 2.68. The number of carboxylic acid groups (broad SMARTS) is 2. The summed E-state index contributed by atoms with van der Waals surface area (Å²) in [6.07, 6.45) is -0.138. The van der Waals surface area contributed by atoms with E-state index < -0.39 is 66.9 Å². The number of carbonyl (C=O) groups excluding carboxylic acids is 3. The topological polar surface area (TPSA) is 208 Å². The normalized spacial score (nSPS) is 15.8. The van der Waals surface area contributed by atoms with Gasteiger partial charge in [0.05, 0.1) is 13.0 Å². The molecule has 178 valence electrons. The summed E-state index contributed by atoms with van der Waals surface area (Å²) in [7, 11) is 0. The maximum atomic E-state index is 12.7. The van der Waals surface area contributed by atoms with Crippen LogP contribution in [0.2, 0.25) is 0 Å². The van der Waals surface area contributed by atoms with Crippen LogP contribution < -0.4 is 21.7 Å². The van der Waals surface area contributed by atoms with Crippen molar-refractivity contribution in [2.75, 3.05) is 6.61 Å². The first-order valence-corrected chi connectivity index (χ1v) is 10.1. The third-order valence-corrected chi connectivity index (χ3v) is 4.66. The number of nitrogens with two attached hydrogens (primary N) is 1. The van der Waals surface area contributed by atoms with Crippen molar-refractivity contribution in [1.82, 2.24) is 16.0 Å². The second kappa shape index (κ2) is 13.5. The molecule has 0 fully saturated rings. The van der Waals surface area contributed by atoms with Gasteiger partial charge in [0.15, 0.2) is 0 Å². The van der Waals surface area contributed by atoms with Crippen LogP contribution >= 0.6 is 0 Å². The summed E-state index contributed by atoms with van der Waals surface area (Å²) in [5.41, 5.74) is 5.37. The Balaban J connectivity index is 5.54. The van der Waals surface area contributed by atoms with Crippen molar-refractivity contribution in [2.24, 2.45) is 17.6 Å². The summed E-state index contributed by atoms with van der Waals surface area (Å²) in [6.45, 7) is 6.30. The van der Waals surface area contributed by atoms with Crippen molar-refractivity contribution < 1.29 is 39.3 Å². The van der Waals surface area contributed by atoms with Crippen LogP contribution in [0, 0.1) is 11.8 Å². The lowest BCUT2D eigenvalue weighted by Gasteiger charge is -2.27. The Bertz CT molecular complexity index is 655. The van der Waals surface area contributed by atoms with Gasteiger partial charge < -0.3 is 37.0 Å². The van der Waals surface area contributed by atoms with Crippen LogP contribution in [0.25, 0.3) is 0 Å². The van der Waals surface area contributed by atoms with Gasteiger partial charge in [-0.05, 0) is 18.3 Å². The molecule has 0 aromatic rings. The van der Waals surface area contributed by atoms with Crippen LogP contribution in [0.5, 0.6) is 0 Å². The minimum Gasteiger partial charge on any atom is -0.481 e. The molecule has 0 saturated carbocycles. The van der Waals surface area contributed by atoms with Crippen molar-refractivity contribution in [3.8, 4) is 0 Å². The first-order chi connectivity index (χ1) is 14.3. The van der Waals surface area contributed by atoms with Crippen LogP contribution in [0.4, 0.5) is 0 Å². The molecule has 0 bridgehead atoms. The van der Waals surface area contributed by atoms with Gasteiger partial charge in [0.25, 0.3) is 0 Å². The molecule has 5 unspecified atom stereocenters. The molecule has 31 heavy (non-hydrogen) atoms. The summed E-state index contributed by atoms with van der Waals surface area (Å²) >= 11 is 0. The van der Waals surface area contributed by atoms with Gasteiger partial charge in [0.2, 0.25) is 17.7 Å². The van der Waals surface area contributed by atoms with E-state index in [2.05, 4.69) is 16.0 Å². The highest BCUT2D eigenvalue weighted by Crippen LogP contribution is 2.11. The first kappa shape index (κ1) is 28.3. The van der Waals surface area contributed by atoms with E-state index in [9.17, 15) is 29.1 Å². The van der Waals surface area contributed by atoms with Gasteiger partial charge in [-0.3, -0.25) is 19.2 Å². The predicted molar refractivity (Wildman–Crippen MR) is 110 cm³/mol. The molecule has 8 N–H and O–H groups in total. The van der Waals surface area contributed by atoms with Crippen LogP contribution in [0.1, 0.15) is 47.0 Å². The Morgan fingerprint density at radius 3 is 1.81 bits per heavy atom. The number of aliphatic carboxylic acids is 2. The molecule has 0 radical (unpaired) electrons. The fourth-order valence-corrected chi connectivity index (χ4v) is 2.66. The molecule has 0 aliphatic heterocycles. The summed E-state index contributed by atoms with van der Waals surface area (Å²) < 4.78 is 0. The average molecular weight is 447 g/mol. The molecule has 12 heteroatoms. The maximum Gasteiger partial charge on any atom is 0.326 e. The summed E-state index contributed by atoms with van der Waals surface area (Å²) in [5, 5.41) is 34.3. The Morgan fingerprint density at radius 2 is 1.39 bits per heavy atom. The molecule has 0 aromatic heterocycles. The number of aliphatic hydroxyl groups is 1. The number of aliphatic hydroxyl groups excluding tert-OH is 1. The molecule has 0 aliphatic carbocycles. The Labute approximate surface area is 180 Å². The molecule has 0 rings (SSSR count). The van der Waals surface area contributed by atoms with E-state index in [-0.39, 0.29) is 18.3 Å². The van der Waals surface area contributed by atoms with Gasteiger partial charge >= 0.3 is 11.9 Å². The molecular formula is C19H34N4O8. The van der Waals surface area contributed by atoms with Crippen molar-refractivity contribution in [2.45, 2.75) is 71.1 Å². The monoisotopic (exact) mass is 446 g/mol. The Morgan fingerprint density at radius 1 is 0.871 bits per heavy atom. The maximum absolute atomic E-state index is 12.7. The molecule has 5 atom stereocenters. The van der Waals surface area contributed by atoms with Gasteiger partial charge in [0, 0.05) is 0 Å². The zero-order chi connectivity index (χ0) is 24.3. The Hall–Kier alpha value is -2.73. The highest BCUT2D eigenvalue weighted by Gasteiger charge is 2.32. The van der Waals surface area contributed by atoms with E-state index in [1.165, 1.54) is 0 Å². The fourth-order valence-electron chi connectivity index (χ4n) is 2.66. The van der Waals surface area contributed by atoms with Crippen molar-refractivity contribution in [3.63, 3.8) is 0 Å². The number of carboxylic acids is 2. The second-order valence-corrected chi connectivity index (χ2v) is 7.85. The van der Waals surface area contributed by atoms with Crippen LogP contribution in [-0.4, -0.2) is 75.8 Å². The molecule has 0 saturated heterocycles. The van der Waals surface area contributed by atoms with E-state index in [0.29, 0.717) is 6.42 Å². The lowest BCUT2D eigenvalue weighted by atomic mass is 9.97. The zero-order valence-corrected chi connectivity index (χ0v) is 18.3. The smallest absolute Gasteiger partial charge is 0.326 e. The number of hydrogen-bond donors (Lipinski definition) is 7. The van der Waals surface area contributed by atoms with E-state index >= 15 is 0 Å². The molecule has 0 heterocycles. The quantitative estimate of drug-likeness (QED) is 0.164. The fraction of sp³-hybridized carbons (Fsp3) is 0.737. The van der Waals surface area contributed by atoms with Gasteiger partial charge in [-0.1, -0.05) is 34.1 Å². The molecule has 12 nitrogen and oxygen atoms in total. The van der Waals surface area contributed by atoms with E-state index in [4.69, 9.17) is 15.9 Å². The SMILES string of the molecule is CCC(C)C(NC(=O)C(CC(C)C)NC(=O)C(CC(=O)O)NC(=O)C(N)CO)C(=O)O. The van der Waals surface area contributed by atoms with E-state index in [1.807, 2.05) is 0 Å². The Kier molecular flexibility index (Phi) is 12.4. The number of rotatable bonds is 14. The zero-order valence-electron chi connectivity index (χ0n) is 18.3. The van der Waals surface area contributed by atoms with Gasteiger partial charge in [-0.25, -0.2) is 4.79 Å². The van der Waals surface area contributed by atoms with Crippen molar-refractivity contribution in [3.05, 3.63) is 0 Å². The third-order valence-electron chi connectivity index (χ3n) is 4.66. The van der Waals surface area contributed by atoms with Gasteiger partial charge in [-0.2, -0.15) is 0 Å². The first-order valence-electron chi connectivity index (χ1n) is 10.1. The molecular weight excluding hydrogens is 412 g/mol. The lowest BCUT2D eigenvalue weighted by molar-refractivity contribution is -0.144. The number of amides is 3. The standard InChI is InChI=1S/C19H34N4O8/c1-5-10(4)15(19(30)31)23-18(29)12(6-9(2)3)22-17(28)13(7-14(25)26)21-16(27)11(20)8-24/h9-13,15,24H,5-8,20H2,1-4H3,(H,21,27)(H,22,28)(H,23,29)(H,25,26)(H,30,31). The highest BCUT2D eigenvalue weighted by atomic mass is 16.4.